The molecule has 0 amide bonds. The Bertz CT molecular complexity index is 262. The summed E-state index contributed by atoms with van der Waals surface area (Å²) < 4.78 is 3.88. The molecule has 4 nitrogen and oxygen atoms in total. The van der Waals surface area contributed by atoms with Gasteiger partial charge < -0.3 is 5.32 Å². The van der Waals surface area contributed by atoms with Crippen LogP contribution in [0, 0.1) is 0 Å². The summed E-state index contributed by atoms with van der Waals surface area (Å²) in [5.41, 5.74) is 1.11. The molecule has 1 N–H and O–H groups in total. The molecule has 5 heteroatoms. The van der Waals surface area contributed by atoms with E-state index in [2.05, 4.69) is 19.8 Å². The van der Waals surface area contributed by atoms with Gasteiger partial charge in [0.05, 0.1) is 5.69 Å². The SMILES string of the molecule is CNCC1CCCN1Cc1csnn1. The van der Waals surface area contributed by atoms with Crippen molar-refractivity contribution >= 4 is 11.5 Å². The van der Waals surface area contributed by atoms with E-state index in [-0.39, 0.29) is 0 Å². The monoisotopic (exact) mass is 212 g/mol. The lowest BCUT2D eigenvalue weighted by Crippen LogP contribution is -2.36. The summed E-state index contributed by atoms with van der Waals surface area (Å²) >= 11 is 1.43. The van der Waals surface area contributed by atoms with Crippen LogP contribution in [0.4, 0.5) is 0 Å². The fourth-order valence-electron chi connectivity index (χ4n) is 2.03. The van der Waals surface area contributed by atoms with E-state index in [1.165, 1.54) is 30.9 Å². The van der Waals surface area contributed by atoms with Gasteiger partial charge in [0.25, 0.3) is 0 Å². The number of likely N-dealkylation sites (tertiary alicyclic amines) is 1. The van der Waals surface area contributed by atoms with Gasteiger partial charge in [-0.05, 0) is 38.0 Å². The Morgan fingerprint density at radius 2 is 2.64 bits per heavy atom. The number of rotatable bonds is 4. The zero-order valence-corrected chi connectivity index (χ0v) is 9.26. The number of hydrogen-bond acceptors (Lipinski definition) is 5. The molecule has 0 aromatic carbocycles. The summed E-state index contributed by atoms with van der Waals surface area (Å²) in [6.07, 6.45) is 2.61. The van der Waals surface area contributed by atoms with E-state index in [4.69, 9.17) is 0 Å². The fourth-order valence-corrected chi connectivity index (χ4v) is 2.47. The van der Waals surface area contributed by atoms with Crippen LogP contribution in [0.15, 0.2) is 5.38 Å². The fraction of sp³-hybridized carbons (Fsp3) is 0.778. The van der Waals surface area contributed by atoms with Gasteiger partial charge in [0.15, 0.2) is 0 Å². The zero-order valence-electron chi connectivity index (χ0n) is 8.44. The van der Waals surface area contributed by atoms with Crippen LogP contribution in [0.3, 0.4) is 0 Å². The summed E-state index contributed by atoms with van der Waals surface area (Å²) in [6, 6.07) is 0.682. The quantitative estimate of drug-likeness (QED) is 0.798. The predicted octanol–water partition coefficient (Wildman–Crippen LogP) is 0.722. The lowest BCUT2D eigenvalue weighted by Gasteiger charge is -2.22. The summed E-state index contributed by atoms with van der Waals surface area (Å²) in [7, 11) is 2.01. The highest BCUT2D eigenvalue weighted by Gasteiger charge is 2.24. The van der Waals surface area contributed by atoms with Crippen molar-refractivity contribution < 1.29 is 0 Å². The molecule has 0 aliphatic carbocycles. The van der Waals surface area contributed by atoms with Crippen molar-refractivity contribution in [1.29, 1.82) is 0 Å². The second kappa shape index (κ2) is 4.82. The Morgan fingerprint density at radius 1 is 1.71 bits per heavy atom. The molecule has 0 saturated carbocycles. The molecule has 1 atom stereocenters. The average molecular weight is 212 g/mol. The molecule has 14 heavy (non-hydrogen) atoms. The Hall–Kier alpha value is -0.520. The smallest absolute Gasteiger partial charge is 0.0895 e. The highest BCUT2D eigenvalue weighted by Crippen LogP contribution is 2.18. The molecule has 1 aromatic rings. The van der Waals surface area contributed by atoms with Crippen molar-refractivity contribution in [3.63, 3.8) is 0 Å². The summed E-state index contributed by atoms with van der Waals surface area (Å²) in [5.74, 6) is 0. The van der Waals surface area contributed by atoms with E-state index < -0.39 is 0 Å². The zero-order chi connectivity index (χ0) is 9.80. The average Bonchev–Trinajstić information content (AvgIpc) is 2.80. The summed E-state index contributed by atoms with van der Waals surface area (Å²) in [4.78, 5) is 2.49. The van der Waals surface area contributed by atoms with Gasteiger partial charge >= 0.3 is 0 Å². The molecule has 0 radical (unpaired) electrons. The van der Waals surface area contributed by atoms with Crippen molar-refractivity contribution in [2.24, 2.45) is 0 Å². The number of aromatic nitrogens is 2. The molecule has 1 fully saturated rings. The van der Waals surface area contributed by atoms with Crippen LogP contribution in [0.5, 0.6) is 0 Å². The van der Waals surface area contributed by atoms with Gasteiger partial charge in [-0.1, -0.05) is 4.49 Å². The van der Waals surface area contributed by atoms with E-state index in [0.717, 1.165) is 18.8 Å². The molecule has 1 saturated heterocycles. The molecule has 1 aromatic heterocycles. The van der Waals surface area contributed by atoms with Crippen molar-refractivity contribution in [3.8, 4) is 0 Å². The maximum absolute atomic E-state index is 4.08. The standard InChI is InChI=1S/C9H16N4S/c1-10-5-9-3-2-4-13(9)6-8-7-14-12-11-8/h7,9-10H,2-6H2,1H3. The number of hydrogen-bond donors (Lipinski definition) is 1. The first-order valence-corrected chi connectivity index (χ1v) is 5.88. The van der Waals surface area contributed by atoms with Crippen LogP contribution >= 0.6 is 11.5 Å². The molecule has 2 rings (SSSR count). The number of likely N-dealkylation sites (N-methyl/N-ethyl adjacent to an activating group) is 1. The molecule has 1 aliphatic rings. The van der Waals surface area contributed by atoms with Crippen LogP contribution in [0.1, 0.15) is 18.5 Å². The third kappa shape index (κ3) is 2.29. The van der Waals surface area contributed by atoms with Gasteiger partial charge in [-0.15, -0.1) is 5.10 Å². The lowest BCUT2D eigenvalue weighted by atomic mass is 10.2. The van der Waals surface area contributed by atoms with Gasteiger partial charge in [-0.25, -0.2) is 0 Å². The van der Waals surface area contributed by atoms with Crippen molar-refractivity contribution in [1.82, 2.24) is 19.8 Å². The molecule has 1 aliphatic heterocycles. The van der Waals surface area contributed by atoms with Crippen molar-refractivity contribution in [2.75, 3.05) is 20.1 Å². The first-order valence-electron chi connectivity index (χ1n) is 5.04. The maximum Gasteiger partial charge on any atom is 0.0895 e. The second-order valence-electron chi connectivity index (χ2n) is 3.72. The van der Waals surface area contributed by atoms with Gasteiger partial charge in [0, 0.05) is 24.5 Å². The Labute approximate surface area is 88.5 Å². The van der Waals surface area contributed by atoms with Crippen LogP contribution in [-0.4, -0.2) is 40.7 Å². The Kier molecular flexibility index (Phi) is 3.44. The first-order chi connectivity index (χ1) is 6.90. The van der Waals surface area contributed by atoms with Crippen LogP contribution < -0.4 is 5.32 Å². The first kappa shape index (κ1) is 10.0. The summed E-state index contributed by atoms with van der Waals surface area (Å²) in [6.45, 7) is 3.24. The summed E-state index contributed by atoms with van der Waals surface area (Å²) in [5, 5.41) is 9.36. The third-order valence-corrected chi connectivity index (χ3v) is 3.26. The van der Waals surface area contributed by atoms with E-state index in [9.17, 15) is 0 Å². The third-order valence-electron chi connectivity index (χ3n) is 2.71. The lowest BCUT2D eigenvalue weighted by molar-refractivity contribution is 0.239. The highest BCUT2D eigenvalue weighted by molar-refractivity contribution is 7.03. The van der Waals surface area contributed by atoms with Crippen molar-refractivity contribution in [3.05, 3.63) is 11.1 Å². The topological polar surface area (TPSA) is 41.0 Å². The number of nitrogens with zero attached hydrogens (tertiary/aromatic N) is 3. The van der Waals surface area contributed by atoms with E-state index in [1.807, 2.05) is 12.4 Å². The predicted molar refractivity (Wildman–Crippen MR) is 57.3 cm³/mol. The Balaban J connectivity index is 1.90. The van der Waals surface area contributed by atoms with E-state index >= 15 is 0 Å². The number of nitrogens with one attached hydrogen (secondary N) is 1. The van der Waals surface area contributed by atoms with Gasteiger partial charge in [0.2, 0.25) is 0 Å². The molecule has 2 heterocycles. The van der Waals surface area contributed by atoms with Gasteiger partial charge in [-0.2, -0.15) is 0 Å². The van der Waals surface area contributed by atoms with Crippen LogP contribution in [0.2, 0.25) is 0 Å². The minimum atomic E-state index is 0.682. The van der Waals surface area contributed by atoms with E-state index in [1.54, 1.807) is 0 Å². The normalized spacial score (nSPS) is 23.1. The molecule has 0 spiro atoms. The Morgan fingerprint density at radius 3 is 3.36 bits per heavy atom. The molecule has 1 unspecified atom stereocenters. The molecule has 78 valence electrons. The van der Waals surface area contributed by atoms with E-state index in [0.29, 0.717) is 6.04 Å². The highest BCUT2D eigenvalue weighted by atomic mass is 32.1. The van der Waals surface area contributed by atoms with Gasteiger partial charge in [0.1, 0.15) is 0 Å². The minimum absolute atomic E-state index is 0.682. The molecule has 0 bridgehead atoms. The minimum Gasteiger partial charge on any atom is -0.318 e. The van der Waals surface area contributed by atoms with Crippen LogP contribution in [0.25, 0.3) is 0 Å². The maximum atomic E-state index is 4.08. The van der Waals surface area contributed by atoms with Crippen molar-refractivity contribution in [2.45, 2.75) is 25.4 Å². The molecular weight excluding hydrogens is 196 g/mol. The largest absolute Gasteiger partial charge is 0.318 e. The second-order valence-corrected chi connectivity index (χ2v) is 4.33. The van der Waals surface area contributed by atoms with Gasteiger partial charge in [-0.3, -0.25) is 4.90 Å². The van der Waals surface area contributed by atoms with Crippen LogP contribution in [-0.2, 0) is 6.54 Å². The molecular formula is C9H16N4S.